The molecule has 1 aromatic heterocycles. The molecule has 2 heterocycles. The van der Waals surface area contributed by atoms with Gasteiger partial charge >= 0.3 is 0 Å². The largest absolute Gasteiger partial charge is 0.385 e. The maximum atomic E-state index is 10.4. The first-order valence-electron chi connectivity index (χ1n) is 5.76. The molecule has 1 aliphatic heterocycles. The molecule has 1 aromatic carbocycles. The summed E-state index contributed by atoms with van der Waals surface area (Å²) in [6, 6.07) is 10.2. The number of aliphatic hydroxyl groups excluding tert-OH is 1. The number of aliphatic hydroxyl groups is 1. The van der Waals surface area contributed by atoms with Crippen LogP contribution in [-0.2, 0) is 11.2 Å². The van der Waals surface area contributed by atoms with Gasteiger partial charge in [-0.15, -0.1) is 0 Å². The lowest BCUT2D eigenvalue weighted by Gasteiger charge is -2.29. The third-order valence-electron chi connectivity index (χ3n) is 3.20. The summed E-state index contributed by atoms with van der Waals surface area (Å²) in [7, 11) is 0. The van der Waals surface area contributed by atoms with Crippen molar-refractivity contribution in [2.45, 2.75) is 18.6 Å². The molecule has 0 saturated carbocycles. The van der Waals surface area contributed by atoms with Gasteiger partial charge in [0.15, 0.2) is 0 Å². The van der Waals surface area contributed by atoms with Crippen molar-refractivity contribution in [3.05, 3.63) is 57.8 Å². The highest BCUT2D eigenvalue weighted by Crippen LogP contribution is 2.37. The summed E-state index contributed by atoms with van der Waals surface area (Å²) >= 11 is 1.60. The van der Waals surface area contributed by atoms with Gasteiger partial charge in [0.25, 0.3) is 0 Å². The van der Waals surface area contributed by atoms with Crippen LogP contribution < -0.4 is 0 Å². The van der Waals surface area contributed by atoms with Crippen molar-refractivity contribution in [2.24, 2.45) is 0 Å². The number of hydrogen-bond acceptors (Lipinski definition) is 3. The fourth-order valence-corrected chi connectivity index (χ4v) is 2.99. The molecular weight excluding hydrogens is 232 g/mol. The van der Waals surface area contributed by atoms with E-state index in [0.29, 0.717) is 6.61 Å². The lowest BCUT2D eigenvalue weighted by atomic mass is 9.92. The Morgan fingerprint density at radius 3 is 3.00 bits per heavy atom. The molecule has 1 N–H and O–H groups in total. The van der Waals surface area contributed by atoms with Crippen molar-refractivity contribution in [1.82, 2.24) is 0 Å². The Morgan fingerprint density at radius 1 is 1.29 bits per heavy atom. The van der Waals surface area contributed by atoms with Crippen LogP contribution in [0.1, 0.15) is 28.9 Å². The van der Waals surface area contributed by atoms with Gasteiger partial charge in [-0.3, -0.25) is 0 Å². The first-order valence-corrected chi connectivity index (χ1v) is 6.70. The van der Waals surface area contributed by atoms with Crippen LogP contribution in [0.5, 0.6) is 0 Å². The third kappa shape index (κ3) is 2.02. The summed E-state index contributed by atoms with van der Waals surface area (Å²) in [5.41, 5.74) is 3.35. The van der Waals surface area contributed by atoms with Crippen LogP contribution in [0.25, 0.3) is 0 Å². The highest BCUT2D eigenvalue weighted by molar-refractivity contribution is 7.07. The van der Waals surface area contributed by atoms with Crippen LogP contribution >= 0.6 is 11.3 Å². The molecule has 3 heteroatoms. The lowest BCUT2D eigenvalue weighted by molar-refractivity contribution is -0.0481. The fraction of sp³-hybridized carbons (Fsp3) is 0.286. The zero-order valence-electron chi connectivity index (χ0n) is 9.37. The highest BCUT2D eigenvalue weighted by Gasteiger charge is 2.28. The molecule has 2 atom stereocenters. The maximum Gasteiger partial charge on any atom is 0.113 e. The second-order valence-electron chi connectivity index (χ2n) is 4.24. The van der Waals surface area contributed by atoms with Crippen molar-refractivity contribution in [3.63, 3.8) is 0 Å². The first-order chi connectivity index (χ1) is 8.36. The van der Waals surface area contributed by atoms with Crippen LogP contribution in [0.3, 0.4) is 0 Å². The highest BCUT2D eigenvalue weighted by atomic mass is 32.1. The molecule has 3 rings (SSSR count). The monoisotopic (exact) mass is 246 g/mol. The number of benzene rings is 1. The normalized spacial score (nSPS) is 20.9. The topological polar surface area (TPSA) is 29.5 Å². The van der Waals surface area contributed by atoms with E-state index in [1.54, 1.807) is 11.3 Å². The molecule has 88 valence electrons. The van der Waals surface area contributed by atoms with E-state index < -0.39 is 6.10 Å². The Bertz CT molecular complexity index is 493. The number of thiophene rings is 1. The molecule has 0 bridgehead atoms. The molecule has 2 nitrogen and oxygen atoms in total. The Labute approximate surface area is 104 Å². The van der Waals surface area contributed by atoms with E-state index in [9.17, 15) is 5.11 Å². The van der Waals surface area contributed by atoms with Crippen LogP contribution in [0, 0.1) is 0 Å². The molecule has 0 radical (unpaired) electrons. The van der Waals surface area contributed by atoms with Crippen molar-refractivity contribution in [1.29, 1.82) is 0 Å². The van der Waals surface area contributed by atoms with Gasteiger partial charge < -0.3 is 9.84 Å². The average Bonchev–Trinajstić information content (AvgIpc) is 2.91. The predicted octanol–water partition coefficient (Wildman–Crippen LogP) is 3.10. The van der Waals surface area contributed by atoms with E-state index in [1.807, 2.05) is 29.0 Å². The summed E-state index contributed by atoms with van der Waals surface area (Å²) in [5, 5.41) is 14.3. The standard InChI is InChI=1S/C14H14O2S/c15-13(11-6-8-17-9-11)14-12-4-2-1-3-10(12)5-7-16-14/h1-4,6,8-9,13-15H,5,7H2. The zero-order chi connectivity index (χ0) is 11.7. The molecule has 17 heavy (non-hydrogen) atoms. The third-order valence-corrected chi connectivity index (χ3v) is 3.90. The molecule has 0 spiro atoms. The van der Waals surface area contributed by atoms with Crippen LogP contribution in [0.15, 0.2) is 41.1 Å². The average molecular weight is 246 g/mol. The minimum atomic E-state index is -0.567. The predicted molar refractivity (Wildman–Crippen MR) is 68.1 cm³/mol. The molecule has 2 unspecified atom stereocenters. The van der Waals surface area contributed by atoms with Gasteiger partial charge in [-0.2, -0.15) is 11.3 Å². The van der Waals surface area contributed by atoms with E-state index in [-0.39, 0.29) is 6.10 Å². The lowest BCUT2D eigenvalue weighted by Crippen LogP contribution is -2.21. The first kappa shape index (κ1) is 11.0. The molecular formula is C14H14O2S. The second kappa shape index (κ2) is 4.61. The Kier molecular flexibility index (Phi) is 2.97. The van der Waals surface area contributed by atoms with Crippen LogP contribution in [-0.4, -0.2) is 11.7 Å². The van der Waals surface area contributed by atoms with Crippen LogP contribution in [0.4, 0.5) is 0 Å². The minimum Gasteiger partial charge on any atom is -0.385 e. The quantitative estimate of drug-likeness (QED) is 0.882. The Balaban J connectivity index is 1.95. The van der Waals surface area contributed by atoms with E-state index in [4.69, 9.17) is 4.74 Å². The van der Waals surface area contributed by atoms with E-state index in [2.05, 4.69) is 12.1 Å². The van der Waals surface area contributed by atoms with Gasteiger partial charge in [-0.25, -0.2) is 0 Å². The smallest absolute Gasteiger partial charge is 0.113 e. The van der Waals surface area contributed by atoms with Gasteiger partial charge in [-0.05, 0) is 39.9 Å². The fourth-order valence-electron chi connectivity index (χ4n) is 2.30. The van der Waals surface area contributed by atoms with E-state index >= 15 is 0 Å². The maximum absolute atomic E-state index is 10.4. The summed E-state index contributed by atoms with van der Waals surface area (Å²) < 4.78 is 5.74. The van der Waals surface area contributed by atoms with Gasteiger partial charge in [0.1, 0.15) is 12.2 Å². The number of ether oxygens (including phenoxy) is 1. The van der Waals surface area contributed by atoms with Crippen molar-refractivity contribution in [2.75, 3.05) is 6.61 Å². The summed E-state index contributed by atoms with van der Waals surface area (Å²) in [4.78, 5) is 0. The minimum absolute atomic E-state index is 0.227. The molecule has 1 aliphatic rings. The van der Waals surface area contributed by atoms with Crippen molar-refractivity contribution >= 4 is 11.3 Å². The van der Waals surface area contributed by atoms with Gasteiger partial charge in [-0.1, -0.05) is 24.3 Å². The SMILES string of the molecule is OC(c1ccsc1)C1OCCc2ccccc21. The van der Waals surface area contributed by atoms with E-state index in [0.717, 1.165) is 17.5 Å². The van der Waals surface area contributed by atoms with Crippen molar-refractivity contribution in [3.8, 4) is 0 Å². The summed E-state index contributed by atoms with van der Waals surface area (Å²) in [6.45, 7) is 0.683. The number of rotatable bonds is 2. The van der Waals surface area contributed by atoms with Gasteiger partial charge in [0, 0.05) is 0 Å². The molecule has 0 fully saturated rings. The van der Waals surface area contributed by atoms with Gasteiger partial charge in [0.2, 0.25) is 0 Å². The summed E-state index contributed by atoms with van der Waals surface area (Å²) in [6.07, 6.45) is 0.139. The second-order valence-corrected chi connectivity index (χ2v) is 5.02. The van der Waals surface area contributed by atoms with Gasteiger partial charge in [0.05, 0.1) is 6.61 Å². The van der Waals surface area contributed by atoms with Crippen molar-refractivity contribution < 1.29 is 9.84 Å². The molecule has 0 saturated heterocycles. The number of hydrogen-bond donors (Lipinski definition) is 1. The van der Waals surface area contributed by atoms with E-state index in [1.165, 1.54) is 5.56 Å². The van der Waals surface area contributed by atoms with Crippen LogP contribution in [0.2, 0.25) is 0 Å². The molecule has 0 aliphatic carbocycles. The molecule has 0 amide bonds. The number of fused-ring (bicyclic) bond motifs is 1. The Hall–Kier alpha value is -1.16. The molecule has 2 aromatic rings. The summed E-state index contributed by atoms with van der Waals surface area (Å²) in [5.74, 6) is 0. The zero-order valence-corrected chi connectivity index (χ0v) is 10.2. The Morgan fingerprint density at radius 2 is 2.18 bits per heavy atom.